The quantitative estimate of drug-likeness (QED) is 0.464. The maximum Gasteiger partial charge on any atom is 0.222 e. The van der Waals surface area contributed by atoms with Gasteiger partial charge in [-0.1, -0.05) is 51.7 Å². The maximum atomic E-state index is 12.0. The van der Waals surface area contributed by atoms with Crippen molar-refractivity contribution in [2.75, 3.05) is 13.1 Å². The van der Waals surface area contributed by atoms with Gasteiger partial charge in [-0.05, 0) is 12.8 Å². The number of unbranched alkanes of at least 4 members (excludes halogenated alkanes) is 4. The lowest BCUT2D eigenvalue weighted by Gasteiger charge is -2.22. The highest BCUT2D eigenvalue weighted by Crippen LogP contribution is 2.06. The smallest absolute Gasteiger partial charge is 0.222 e. The van der Waals surface area contributed by atoms with Crippen LogP contribution in [0.4, 0.5) is 0 Å². The minimum Gasteiger partial charge on any atom is -0.393 e. The highest BCUT2D eigenvalue weighted by atomic mass is 32.1. The maximum absolute atomic E-state index is 12.0. The Morgan fingerprint density at radius 3 is 2.22 bits per heavy atom. The Balaban J connectivity index is 4.05. The molecule has 0 spiro atoms. The molecule has 0 aliphatic rings. The number of hydrogen-bond donors (Lipinski definition) is 1. The van der Waals surface area contributed by atoms with Crippen LogP contribution in [0.25, 0.3) is 0 Å². The number of carbonyl (C=O) groups is 1. The van der Waals surface area contributed by atoms with Crippen molar-refractivity contribution in [1.82, 2.24) is 4.90 Å². The average molecular weight is 272 g/mol. The van der Waals surface area contributed by atoms with E-state index < -0.39 is 0 Å². The summed E-state index contributed by atoms with van der Waals surface area (Å²) in [6, 6.07) is 0. The molecule has 18 heavy (non-hydrogen) atoms. The first-order valence-electron chi connectivity index (χ1n) is 7.17. The molecule has 4 heteroatoms. The zero-order valence-electron chi connectivity index (χ0n) is 11.9. The lowest BCUT2D eigenvalue weighted by atomic mass is 10.1. The molecule has 3 nitrogen and oxygen atoms in total. The fraction of sp³-hybridized carbons (Fsp3) is 0.857. The molecule has 0 aromatic rings. The third kappa shape index (κ3) is 9.40. The van der Waals surface area contributed by atoms with Gasteiger partial charge >= 0.3 is 0 Å². The third-order valence-corrected chi connectivity index (χ3v) is 3.21. The third-order valence-electron chi connectivity index (χ3n) is 3.01. The summed E-state index contributed by atoms with van der Waals surface area (Å²) in [5, 5.41) is 0. The van der Waals surface area contributed by atoms with Crippen LogP contribution in [-0.2, 0) is 4.79 Å². The van der Waals surface area contributed by atoms with E-state index in [9.17, 15) is 4.79 Å². The summed E-state index contributed by atoms with van der Waals surface area (Å²) in [6.07, 6.45) is 8.07. The second kappa shape index (κ2) is 11.5. The summed E-state index contributed by atoms with van der Waals surface area (Å²) >= 11 is 4.88. The van der Waals surface area contributed by atoms with Gasteiger partial charge in [0.1, 0.15) is 0 Å². The van der Waals surface area contributed by atoms with Gasteiger partial charge in [0.05, 0.1) is 4.99 Å². The molecule has 0 radical (unpaired) electrons. The first-order valence-corrected chi connectivity index (χ1v) is 7.58. The van der Waals surface area contributed by atoms with Crippen molar-refractivity contribution in [1.29, 1.82) is 0 Å². The molecule has 0 aliphatic carbocycles. The molecule has 1 amide bonds. The number of carbonyl (C=O) groups excluding carboxylic acids is 1. The molecular weight excluding hydrogens is 244 g/mol. The molecule has 0 unspecified atom stereocenters. The highest BCUT2D eigenvalue weighted by Gasteiger charge is 2.12. The van der Waals surface area contributed by atoms with E-state index in [0.717, 1.165) is 25.8 Å². The summed E-state index contributed by atoms with van der Waals surface area (Å²) in [6.45, 7) is 5.83. The van der Waals surface area contributed by atoms with Crippen LogP contribution in [0.1, 0.15) is 65.2 Å². The van der Waals surface area contributed by atoms with Gasteiger partial charge in [0.15, 0.2) is 0 Å². The molecule has 0 aromatic heterocycles. The van der Waals surface area contributed by atoms with Gasteiger partial charge in [-0.15, -0.1) is 0 Å². The summed E-state index contributed by atoms with van der Waals surface area (Å²) in [4.78, 5) is 14.5. The second-order valence-corrected chi connectivity index (χ2v) is 5.29. The Morgan fingerprint density at radius 1 is 1.00 bits per heavy atom. The largest absolute Gasteiger partial charge is 0.393 e. The average Bonchev–Trinajstić information content (AvgIpc) is 2.34. The van der Waals surface area contributed by atoms with Gasteiger partial charge in [0.25, 0.3) is 0 Å². The molecule has 0 atom stereocenters. The number of thiocarbonyl (C=S) groups is 1. The zero-order valence-corrected chi connectivity index (χ0v) is 12.7. The molecule has 0 saturated heterocycles. The van der Waals surface area contributed by atoms with Crippen molar-refractivity contribution >= 4 is 23.1 Å². The summed E-state index contributed by atoms with van der Waals surface area (Å²) < 4.78 is 0. The SMILES string of the molecule is CCCCCCN(CCC(N)=S)C(=O)CCCC. The van der Waals surface area contributed by atoms with Crippen LogP contribution in [0.15, 0.2) is 0 Å². The van der Waals surface area contributed by atoms with Crippen molar-refractivity contribution in [2.45, 2.75) is 65.2 Å². The normalized spacial score (nSPS) is 10.3. The summed E-state index contributed by atoms with van der Waals surface area (Å²) in [7, 11) is 0. The number of amides is 1. The Bertz CT molecular complexity index is 244. The molecule has 0 fully saturated rings. The van der Waals surface area contributed by atoms with Gasteiger partial charge in [-0.25, -0.2) is 0 Å². The van der Waals surface area contributed by atoms with E-state index >= 15 is 0 Å². The lowest BCUT2D eigenvalue weighted by molar-refractivity contribution is -0.131. The van der Waals surface area contributed by atoms with E-state index in [1.807, 2.05) is 4.90 Å². The Morgan fingerprint density at radius 2 is 1.67 bits per heavy atom. The Hall–Kier alpha value is -0.640. The predicted molar refractivity (Wildman–Crippen MR) is 81.6 cm³/mol. The predicted octanol–water partition coefficient (Wildman–Crippen LogP) is 3.26. The zero-order chi connectivity index (χ0) is 13.8. The van der Waals surface area contributed by atoms with Crippen LogP contribution < -0.4 is 5.73 Å². The van der Waals surface area contributed by atoms with E-state index in [0.29, 0.717) is 24.4 Å². The first kappa shape index (κ1) is 17.4. The molecular formula is C14H28N2OS. The molecule has 0 saturated carbocycles. The van der Waals surface area contributed by atoms with Crippen molar-refractivity contribution in [2.24, 2.45) is 5.73 Å². The van der Waals surface area contributed by atoms with Crippen LogP contribution >= 0.6 is 12.2 Å². The van der Waals surface area contributed by atoms with Gasteiger partial charge in [-0.2, -0.15) is 0 Å². The van der Waals surface area contributed by atoms with Crippen molar-refractivity contribution in [3.8, 4) is 0 Å². The van der Waals surface area contributed by atoms with Gasteiger partial charge < -0.3 is 10.6 Å². The molecule has 0 bridgehead atoms. The van der Waals surface area contributed by atoms with E-state index in [-0.39, 0.29) is 5.91 Å². The van der Waals surface area contributed by atoms with Crippen LogP contribution in [-0.4, -0.2) is 28.9 Å². The van der Waals surface area contributed by atoms with E-state index in [4.69, 9.17) is 18.0 Å². The fourth-order valence-corrected chi connectivity index (χ4v) is 1.91. The monoisotopic (exact) mass is 272 g/mol. The van der Waals surface area contributed by atoms with E-state index in [1.165, 1.54) is 19.3 Å². The van der Waals surface area contributed by atoms with Crippen molar-refractivity contribution in [3.05, 3.63) is 0 Å². The molecule has 106 valence electrons. The molecule has 0 aromatic carbocycles. The van der Waals surface area contributed by atoms with Crippen LogP contribution in [0.3, 0.4) is 0 Å². The number of nitrogens with two attached hydrogens (primary N) is 1. The lowest BCUT2D eigenvalue weighted by Crippen LogP contribution is -2.34. The van der Waals surface area contributed by atoms with Crippen molar-refractivity contribution < 1.29 is 4.79 Å². The number of rotatable bonds is 11. The molecule has 2 N–H and O–H groups in total. The van der Waals surface area contributed by atoms with Gasteiger partial charge in [0.2, 0.25) is 5.91 Å². The van der Waals surface area contributed by atoms with Crippen LogP contribution in [0, 0.1) is 0 Å². The Labute approximate surface area is 117 Å². The second-order valence-electron chi connectivity index (χ2n) is 4.76. The molecule has 0 heterocycles. The van der Waals surface area contributed by atoms with E-state index in [2.05, 4.69) is 13.8 Å². The fourth-order valence-electron chi connectivity index (χ4n) is 1.82. The van der Waals surface area contributed by atoms with Crippen molar-refractivity contribution in [3.63, 3.8) is 0 Å². The topological polar surface area (TPSA) is 46.3 Å². The van der Waals surface area contributed by atoms with Gasteiger partial charge in [-0.3, -0.25) is 4.79 Å². The van der Waals surface area contributed by atoms with Crippen LogP contribution in [0.5, 0.6) is 0 Å². The summed E-state index contributed by atoms with van der Waals surface area (Å²) in [5.41, 5.74) is 5.51. The van der Waals surface area contributed by atoms with Crippen LogP contribution in [0.2, 0.25) is 0 Å². The van der Waals surface area contributed by atoms with Gasteiger partial charge in [0, 0.05) is 25.9 Å². The Kier molecular flexibility index (Phi) is 11.0. The van der Waals surface area contributed by atoms with E-state index in [1.54, 1.807) is 0 Å². The first-order chi connectivity index (χ1) is 8.61. The highest BCUT2D eigenvalue weighted by molar-refractivity contribution is 7.80. The number of nitrogens with zero attached hydrogens (tertiary/aromatic N) is 1. The number of hydrogen-bond acceptors (Lipinski definition) is 2. The minimum atomic E-state index is 0.254. The minimum absolute atomic E-state index is 0.254. The standard InChI is InChI=1S/C14H28N2OS/c1-3-5-7-8-11-16(12-10-13(15)18)14(17)9-6-4-2/h3-12H2,1-2H3,(H2,15,18). The summed E-state index contributed by atoms with van der Waals surface area (Å²) in [5.74, 6) is 0.254. The molecule has 0 rings (SSSR count). The molecule has 0 aliphatic heterocycles.